The number of carbonyl (C=O) groups is 3. The third-order valence-corrected chi connectivity index (χ3v) is 6.85. The first-order valence-electron chi connectivity index (χ1n) is 11.0. The maximum atomic E-state index is 13.2. The monoisotopic (exact) mass is 563 g/mol. The zero-order chi connectivity index (χ0) is 27.8. The summed E-state index contributed by atoms with van der Waals surface area (Å²) >= 11 is 5.94. The normalized spacial score (nSPS) is 15.1. The van der Waals surface area contributed by atoms with E-state index in [0.717, 1.165) is 16.3 Å². The number of benzene rings is 1. The highest BCUT2D eigenvalue weighted by Gasteiger charge is 2.52. The van der Waals surface area contributed by atoms with Crippen molar-refractivity contribution in [3.05, 3.63) is 70.7 Å². The van der Waals surface area contributed by atoms with Crippen LogP contribution in [0.15, 0.2) is 54.0 Å². The van der Waals surface area contributed by atoms with Crippen LogP contribution in [0.4, 0.5) is 34.5 Å². The van der Waals surface area contributed by atoms with Crippen molar-refractivity contribution in [3.63, 3.8) is 0 Å². The first-order valence-corrected chi connectivity index (χ1v) is 12.2. The Labute approximate surface area is 223 Å². The van der Waals surface area contributed by atoms with Crippen LogP contribution in [0.5, 0.6) is 0 Å². The Kier molecular flexibility index (Phi) is 7.12. The summed E-state index contributed by atoms with van der Waals surface area (Å²) in [6, 6.07) is 9.33. The number of carbonyl (C=O) groups excluding carboxylic acids is 2. The Morgan fingerprint density at radius 1 is 1.16 bits per heavy atom. The third kappa shape index (κ3) is 5.45. The lowest BCUT2D eigenvalue weighted by atomic mass is 10.0. The van der Waals surface area contributed by atoms with Gasteiger partial charge in [-0.05, 0) is 68.0 Å². The molecule has 3 aromatic rings. The van der Waals surface area contributed by atoms with Crippen LogP contribution < -0.4 is 15.5 Å². The molecule has 4 rings (SSSR count). The molecule has 0 unspecified atom stereocenters. The summed E-state index contributed by atoms with van der Waals surface area (Å²) in [4.78, 5) is 43.6. The summed E-state index contributed by atoms with van der Waals surface area (Å²) in [6.45, 7) is 3.02. The van der Waals surface area contributed by atoms with Gasteiger partial charge in [0.25, 0.3) is 5.91 Å². The minimum Gasteiger partial charge on any atom is -0.478 e. The van der Waals surface area contributed by atoms with E-state index in [2.05, 4.69) is 15.6 Å². The number of hydrogen-bond donors (Lipinski definition) is 3. The Balaban J connectivity index is 1.48. The van der Waals surface area contributed by atoms with E-state index in [-0.39, 0.29) is 22.2 Å². The van der Waals surface area contributed by atoms with Gasteiger partial charge in [-0.1, -0.05) is 6.07 Å². The van der Waals surface area contributed by atoms with Crippen LogP contribution in [0.2, 0.25) is 0 Å². The van der Waals surface area contributed by atoms with Crippen molar-refractivity contribution in [1.82, 2.24) is 9.88 Å². The van der Waals surface area contributed by atoms with E-state index in [1.807, 2.05) is 0 Å². The minimum atomic E-state index is -4.59. The highest BCUT2D eigenvalue weighted by Crippen LogP contribution is 2.40. The third-order valence-electron chi connectivity index (χ3n) is 5.73. The van der Waals surface area contributed by atoms with E-state index in [4.69, 9.17) is 17.3 Å². The Hall–Kier alpha value is -4.04. The summed E-state index contributed by atoms with van der Waals surface area (Å²) in [6.07, 6.45) is -3.13. The van der Waals surface area contributed by atoms with Crippen LogP contribution in [-0.2, 0) is 17.5 Å². The Morgan fingerprint density at radius 2 is 1.89 bits per heavy atom. The van der Waals surface area contributed by atoms with Crippen molar-refractivity contribution < 1.29 is 32.7 Å². The Bertz CT molecular complexity index is 1440. The van der Waals surface area contributed by atoms with Crippen molar-refractivity contribution in [2.45, 2.75) is 32.1 Å². The van der Waals surface area contributed by atoms with E-state index in [1.165, 1.54) is 37.1 Å². The lowest BCUT2D eigenvalue weighted by molar-refractivity contribution is -0.137. The fourth-order valence-corrected chi connectivity index (χ4v) is 4.85. The van der Waals surface area contributed by atoms with Gasteiger partial charge in [0.15, 0.2) is 5.11 Å². The summed E-state index contributed by atoms with van der Waals surface area (Å²) in [7, 11) is 0. The molecule has 3 amide bonds. The van der Waals surface area contributed by atoms with Gasteiger partial charge in [-0.15, -0.1) is 11.3 Å². The summed E-state index contributed by atoms with van der Waals surface area (Å²) in [5.74, 6) is -1.41. The first kappa shape index (κ1) is 27.0. The molecule has 1 aliphatic heterocycles. The van der Waals surface area contributed by atoms with E-state index in [9.17, 15) is 27.6 Å². The maximum absolute atomic E-state index is 13.2. The van der Waals surface area contributed by atoms with Crippen LogP contribution in [-0.4, -0.2) is 43.5 Å². The highest BCUT2D eigenvalue weighted by molar-refractivity contribution is 7.80. The van der Waals surface area contributed by atoms with Gasteiger partial charge in [0.2, 0.25) is 0 Å². The second kappa shape index (κ2) is 10.0. The number of aromatic carboxylic acids is 1. The quantitative estimate of drug-likeness (QED) is 0.269. The fraction of sp³-hybridized carbons (Fsp3) is 0.208. The molecule has 1 fully saturated rings. The molecule has 0 saturated carbocycles. The van der Waals surface area contributed by atoms with Gasteiger partial charge in [0.05, 0.1) is 11.1 Å². The van der Waals surface area contributed by atoms with Crippen LogP contribution in [0.3, 0.4) is 0 Å². The number of halogens is 3. The van der Waals surface area contributed by atoms with Crippen molar-refractivity contribution >= 4 is 63.1 Å². The molecule has 3 heterocycles. The fourth-order valence-electron chi connectivity index (χ4n) is 3.72. The molecular weight excluding hydrogens is 543 g/mol. The van der Waals surface area contributed by atoms with Gasteiger partial charge in [0.1, 0.15) is 16.4 Å². The molecule has 0 radical (unpaired) electrons. The van der Waals surface area contributed by atoms with Gasteiger partial charge in [0, 0.05) is 23.8 Å². The molecule has 1 aliphatic rings. The Morgan fingerprint density at radius 3 is 2.55 bits per heavy atom. The number of alkyl halides is 3. The lowest BCUT2D eigenvalue weighted by Crippen LogP contribution is -2.43. The second-order valence-corrected chi connectivity index (χ2v) is 10.1. The second-order valence-electron chi connectivity index (χ2n) is 8.75. The molecule has 2 aromatic heterocycles. The number of aromatic nitrogens is 1. The summed E-state index contributed by atoms with van der Waals surface area (Å²) < 4.78 is 39.2. The molecule has 1 saturated heterocycles. The smallest absolute Gasteiger partial charge is 0.417 e. The number of carboxylic acid groups (broad SMARTS) is 1. The van der Waals surface area contributed by atoms with Crippen molar-refractivity contribution in [2.24, 2.45) is 0 Å². The number of thiophene rings is 1. The lowest BCUT2D eigenvalue weighted by Gasteiger charge is -2.27. The number of carboxylic acids is 1. The van der Waals surface area contributed by atoms with Gasteiger partial charge in [-0.3, -0.25) is 4.79 Å². The average molecular weight is 564 g/mol. The number of nitrogens with zero attached hydrogens (tertiary/aromatic N) is 3. The maximum Gasteiger partial charge on any atom is 0.417 e. The van der Waals surface area contributed by atoms with E-state index >= 15 is 0 Å². The molecule has 0 spiro atoms. The predicted molar refractivity (Wildman–Crippen MR) is 139 cm³/mol. The van der Waals surface area contributed by atoms with Crippen LogP contribution in [0.1, 0.15) is 35.3 Å². The number of hydrogen-bond acceptors (Lipinski definition) is 6. The molecule has 1 aromatic carbocycles. The number of nitrogens with one attached hydrogen (secondary N) is 2. The van der Waals surface area contributed by atoms with Crippen molar-refractivity contribution in [1.29, 1.82) is 0 Å². The molecule has 0 atom stereocenters. The van der Waals surface area contributed by atoms with Crippen LogP contribution >= 0.6 is 23.6 Å². The molecule has 198 valence electrons. The van der Waals surface area contributed by atoms with Crippen molar-refractivity contribution in [3.8, 4) is 0 Å². The van der Waals surface area contributed by atoms with Gasteiger partial charge in [-0.25, -0.2) is 19.5 Å². The molecule has 38 heavy (non-hydrogen) atoms. The molecular formula is C24H20F3N5O4S2. The number of imide groups is 1. The molecule has 9 nitrogen and oxygen atoms in total. The predicted octanol–water partition coefficient (Wildman–Crippen LogP) is 5.42. The number of urea groups is 1. The standard InChI is InChI=1S/C24H20F3N5O4S2/c1-23(2)20(35)32(18-10-15(12-38-18)24(25,26)27)22(36)31(23)11-13-6-7-28-17(8-13)30-21(37)29-16-5-3-4-14(9-16)19(33)34/h3-10,12H,11H2,1-2H3,(H,33,34)(H2,28,29,30,37). The first-order chi connectivity index (χ1) is 17.8. The minimum absolute atomic E-state index is 0.0242. The summed E-state index contributed by atoms with van der Waals surface area (Å²) in [5.41, 5.74) is -1.14. The number of thiocarbonyl (C=S) groups is 1. The van der Waals surface area contributed by atoms with Gasteiger partial charge >= 0.3 is 18.2 Å². The van der Waals surface area contributed by atoms with Crippen molar-refractivity contribution in [2.75, 3.05) is 15.5 Å². The molecule has 0 bridgehead atoms. The number of anilines is 3. The zero-order valence-electron chi connectivity index (χ0n) is 19.9. The molecule has 0 aliphatic carbocycles. The largest absolute Gasteiger partial charge is 0.478 e. The van der Waals surface area contributed by atoms with Crippen LogP contribution in [0, 0.1) is 0 Å². The number of rotatable bonds is 6. The zero-order valence-corrected chi connectivity index (χ0v) is 21.5. The summed E-state index contributed by atoms with van der Waals surface area (Å²) in [5, 5.41) is 15.8. The SMILES string of the molecule is CC1(C)C(=O)N(c2cc(C(F)(F)F)cs2)C(=O)N1Cc1ccnc(NC(=S)Nc2cccc(C(=O)O)c2)c1. The van der Waals surface area contributed by atoms with E-state index < -0.39 is 35.2 Å². The number of pyridine rings is 1. The highest BCUT2D eigenvalue weighted by atomic mass is 32.1. The van der Waals surface area contributed by atoms with Crippen LogP contribution in [0.25, 0.3) is 0 Å². The molecule has 14 heteroatoms. The average Bonchev–Trinajstić information content (AvgIpc) is 3.38. The van der Waals surface area contributed by atoms with Gasteiger partial charge < -0.3 is 20.6 Å². The number of amides is 3. The topological polar surface area (TPSA) is 115 Å². The van der Waals surface area contributed by atoms with E-state index in [1.54, 1.807) is 24.3 Å². The van der Waals surface area contributed by atoms with Gasteiger partial charge in [-0.2, -0.15) is 13.2 Å². The van der Waals surface area contributed by atoms with E-state index in [0.29, 0.717) is 28.4 Å². The molecule has 3 N–H and O–H groups in total.